The van der Waals surface area contributed by atoms with Crippen LogP contribution in [0.3, 0.4) is 0 Å². The SMILES string of the molecule is COc1ccc(CN2CCN(C(=O)c3cc(C)oc3C)CC2)c(OC)c1OC. The molecule has 28 heavy (non-hydrogen) atoms. The van der Waals surface area contributed by atoms with Crippen molar-refractivity contribution in [1.82, 2.24) is 9.80 Å². The maximum absolute atomic E-state index is 12.8. The third-order valence-corrected chi connectivity index (χ3v) is 5.11. The predicted octanol–water partition coefficient (Wildman–Crippen LogP) is 2.88. The second kappa shape index (κ2) is 8.56. The summed E-state index contributed by atoms with van der Waals surface area (Å²) in [5.74, 6) is 3.41. The fourth-order valence-corrected chi connectivity index (χ4v) is 3.65. The third-order valence-electron chi connectivity index (χ3n) is 5.11. The summed E-state index contributed by atoms with van der Waals surface area (Å²) in [5.41, 5.74) is 1.69. The third kappa shape index (κ3) is 3.94. The van der Waals surface area contributed by atoms with Crippen LogP contribution in [-0.4, -0.2) is 63.2 Å². The van der Waals surface area contributed by atoms with Gasteiger partial charge in [0.1, 0.15) is 11.5 Å². The molecule has 1 aliphatic rings. The molecule has 0 atom stereocenters. The first-order chi connectivity index (χ1) is 13.5. The molecule has 1 aromatic carbocycles. The van der Waals surface area contributed by atoms with E-state index in [4.69, 9.17) is 18.6 Å². The highest BCUT2D eigenvalue weighted by Crippen LogP contribution is 2.40. The molecular formula is C21H28N2O5. The van der Waals surface area contributed by atoms with E-state index >= 15 is 0 Å². The Labute approximate surface area is 165 Å². The molecule has 7 nitrogen and oxygen atoms in total. The van der Waals surface area contributed by atoms with Gasteiger partial charge in [0.15, 0.2) is 11.5 Å². The van der Waals surface area contributed by atoms with Crippen molar-refractivity contribution in [2.75, 3.05) is 47.5 Å². The van der Waals surface area contributed by atoms with E-state index < -0.39 is 0 Å². The van der Waals surface area contributed by atoms with Gasteiger partial charge in [0, 0.05) is 38.3 Å². The zero-order valence-corrected chi connectivity index (χ0v) is 17.2. The number of carbonyl (C=O) groups excluding carboxylic acids is 1. The van der Waals surface area contributed by atoms with Gasteiger partial charge in [-0.3, -0.25) is 9.69 Å². The Bertz CT molecular complexity index is 838. The largest absolute Gasteiger partial charge is 0.493 e. The number of nitrogens with zero attached hydrogens (tertiary/aromatic N) is 2. The molecule has 3 rings (SSSR count). The van der Waals surface area contributed by atoms with Crippen LogP contribution in [0.25, 0.3) is 0 Å². The highest BCUT2D eigenvalue weighted by atomic mass is 16.5. The molecule has 0 aliphatic carbocycles. The van der Waals surface area contributed by atoms with Crippen LogP contribution in [0.4, 0.5) is 0 Å². The Morgan fingerprint density at radius 3 is 2.21 bits per heavy atom. The highest BCUT2D eigenvalue weighted by molar-refractivity contribution is 5.95. The van der Waals surface area contributed by atoms with E-state index in [2.05, 4.69) is 4.90 Å². The zero-order valence-electron chi connectivity index (χ0n) is 17.2. The molecule has 1 fully saturated rings. The van der Waals surface area contributed by atoms with Crippen LogP contribution in [-0.2, 0) is 6.54 Å². The number of hydrogen-bond acceptors (Lipinski definition) is 6. The number of carbonyl (C=O) groups is 1. The van der Waals surface area contributed by atoms with Gasteiger partial charge >= 0.3 is 0 Å². The van der Waals surface area contributed by atoms with Gasteiger partial charge < -0.3 is 23.5 Å². The van der Waals surface area contributed by atoms with Crippen molar-refractivity contribution >= 4 is 5.91 Å². The molecule has 0 bridgehead atoms. The van der Waals surface area contributed by atoms with Crippen LogP contribution in [0.2, 0.25) is 0 Å². The van der Waals surface area contributed by atoms with Crippen molar-refractivity contribution in [1.29, 1.82) is 0 Å². The predicted molar refractivity (Wildman–Crippen MR) is 105 cm³/mol. The summed E-state index contributed by atoms with van der Waals surface area (Å²) in [6.45, 7) is 7.35. The molecule has 2 heterocycles. The standard InChI is InChI=1S/C21H28N2O5/c1-14-12-17(15(2)28-14)21(24)23-10-8-22(9-11-23)13-16-6-7-18(25-3)20(27-5)19(16)26-4/h6-7,12H,8-11,13H2,1-5H3. The number of aryl methyl sites for hydroxylation is 2. The molecule has 0 saturated carbocycles. The minimum absolute atomic E-state index is 0.0395. The molecular weight excluding hydrogens is 360 g/mol. The summed E-state index contributed by atoms with van der Waals surface area (Å²) in [7, 11) is 4.84. The van der Waals surface area contributed by atoms with Crippen molar-refractivity contribution in [3.05, 3.63) is 40.8 Å². The van der Waals surface area contributed by atoms with E-state index in [1.54, 1.807) is 21.3 Å². The number of rotatable bonds is 6. The summed E-state index contributed by atoms with van der Waals surface area (Å²) in [6.07, 6.45) is 0. The van der Waals surface area contributed by atoms with Crippen LogP contribution < -0.4 is 14.2 Å². The van der Waals surface area contributed by atoms with Crippen molar-refractivity contribution in [2.45, 2.75) is 20.4 Å². The van der Waals surface area contributed by atoms with Gasteiger partial charge in [-0.05, 0) is 26.0 Å². The van der Waals surface area contributed by atoms with Crippen LogP contribution in [0.1, 0.15) is 27.4 Å². The molecule has 0 spiro atoms. The van der Waals surface area contributed by atoms with Gasteiger partial charge in [0.25, 0.3) is 5.91 Å². The Hall–Kier alpha value is -2.67. The first-order valence-corrected chi connectivity index (χ1v) is 9.35. The fraction of sp³-hybridized carbons (Fsp3) is 0.476. The molecule has 1 aliphatic heterocycles. The Morgan fingerprint density at radius 2 is 1.68 bits per heavy atom. The van der Waals surface area contributed by atoms with E-state index in [-0.39, 0.29) is 5.91 Å². The van der Waals surface area contributed by atoms with Gasteiger partial charge in [-0.1, -0.05) is 6.07 Å². The Kier molecular flexibility index (Phi) is 6.14. The fourth-order valence-electron chi connectivity index (χ4n) is 3.65. The number of piperazine rings is 1. The Morgan fingerprint density at radius 1 is 1.00 bits per heavy atom. The van der Waals surface area contributed by atoms with E-state index in [1.807, 2.05) is 36.9 Å². The molecule has 0 unspecified atom stereocenters. The molecule has 152 valence electrons. The van der Waals surface area contributed by atoms with Gasteiger partial charge in [-0.15, -0.1) is 0 Å². The monoisotopic (exact) mass is 388 g/mol. The second-order valence-corrected chi connectivity index (χ2v) is 6.89. The van der Waals surface area contributed by atoms with Crippen molar-refractivity contribution in [2.24, 2.45) is 0 Å². The second-order valence-electron chi connectivity index (χ2n) is 6.89. The lowest BCUT2D eigenvalue weighted by atomic mass is 10.1. The van der Waals surface area contributed by atoms with Crippen molar-refractivity contribution in [3.8, 4) is 17.2 Å². The quantitative estimate of drug-likeness (QED) is 0.758. The molecule has 1 aromatic heterocycles. The summed E-state index contributed by atoms with van der Waals surface area (Å²) in [4.78, 5) is 16.9. The summed E-state index contributed by atoms with van der Waals surface area (Å²) < 4.78 is 21.9. The van der Waals surface area contributed by atoms with E-state index in [9.17, 15) is 4.79 Å². The molecule has 7 heteroatoms. The van der Waals surface area contributed by atoms with E-state index in [1.165, 1.54) is 0 Å². The van der Waals surface area contributed by atoms with Crippen LogP contribution in [0.15, 0.2) is 22.6 Å². The normalized spacial score (nSPS) is 14.8. The van der Waals surface area contributed by atoms with Crippen molar-refractivity contribution in [3.63, 3.8) is 0 Å². The van der Waals surface area contributed by atoms with Crippen LogP contribution >= 0.6 is 0 Å². The molecule has 0 N–H and O–H groups in total. The number of benzene rings is 1. The number of methoxy groups -OCH3 is 3. The molecule has 1 amide bonds. The first kappa shape index (κ1) is 20.1. The maximum atomic E-state index is 12.8. The van der Waals surface area contributed by atoms with Gasteiger partial charge in [-0.25, -0.2) is 0 Å². The average Bonchev–Trinajstić information content (AvgIpc) is 3.05. The van der Waals surface area contributed by atoms with Gasteiger partial charge in [0.2, 0.25) is 5.75 Å². The summed E-state index contributed by atoms with van der Waals surface area (Å²) in [6, 6.07) is 5.70. The topological polar surface area (TPSA) is 64.4 Å². The lowest BCUT2D eigenvalue weighted by molar-refractivity contribution is 0.0625. The lowest BCUT2D eigenvalue weighted by Crippen LogP contribution is -2.48. The minimum atomic E-state index is 0.0395. The minimum Gasteiger partial charge on any atom is -0.493 e. The smallest absolute Gasteiger partial charge is 0.257 e. The number of amides is 1. The van der Waals surface area contributed by atoms with Crippen molar-refractivity contribution < 1.29 is 23.4 Å². The molecule has 2 aromatic rings. The summed E-state index contributed by atoms with van der Waals surface area (Å²) >= 11 is 0. The molecule has 0 radical (unpaired) electrons. The first-order valence-electron chi connectivity index (χ1n) is 9.35. The van der Waals surface area contributed by atoms with E-state index in [0.29, 0.717) is 41.7 Å². The van der Waals surface area contributed by atoms with Crippen LogP contribution in [0, 0.1) is 13.8 Å². The van der Waals surface area contributed by atoms with Gasteiger partial charge in [-0.2, -0.15) is 0 Å². The highest BCUT2D eigenvalue weighted by Gasteiger charge is 2.26. The average molecular weight is 388 g/mol. The maximum Gasteiger partial charge on any atom is 0.257 e. The van der Waals surface area contributed by atoms with Gasteiger partial charge in [0.05, 0.1) is 26.9 Å². The van der Waals surface area contributed by atoms with E-state index in [0.717, 1.165) is 31.0 Å². The van der Waals surface area contributed by atoms with Crippen LogP contribution in [0.5, 0.6) is 17.2 Å². The molecule has 1 saturated heterocycles. The summed E-state index contributed by atoms with van der Waals surface area (Å²) in [5, 5.41) is 0. The Balaban J connectivity index is 1.66. The number of hydrogen-bond donors (Lipinski definition) is 0. The number of ether oxygens (including phenoxy) is 3. The lowest BCUT2D eigenvalue weighted by Gasteiger charge is -2.35. The zero-order chi connectivity index (χ0) is 20.3. The number of furan rings is 1.